The summed E-state index contributed by atoms with van der Waals surface area (Å²) in [7, 11) is 0. The molecule has 3 aromatic rings. The van der Waals surface area contributed by atoms with Gasteiger partial charge in [-0.3, -0.25) is 0 Å². The van der Waals surface area contributed by atoms with E-state index in [1.165, 1.54) is 0 Å². The van der Waals surface area contributed by atoms with Crippen LogP contribution in [0, 0.1) is 20.8 Å². The first-order valence-electron chi connectivity index (χ1n) is 8.03. The molecular weight excluding hydrogens is 300 g/mol. The number of aliphatic carboxylic acids is 1. The maximum absolute atomic E-state index is 11.9. The van der Waals surface area contributed by atoms with Gasteiger partial charge in [-0.15, -0.1) is 0 Å². The Balaban J connectivity index is 2.45. The van der Waals surface area contributed by atoms with Crippen LogP contribution in [-0.2, 0) is 10.3 Å². The quantitative estimate of drug-likeness (QED) is 0.775. The molecule has 3 rings (SSSR count). The summed E-state index contributed by atoms with van der Waals surface area (Å²) in [4.78, 5) is 16.7. The molecular formula is C20H22N2O2. The molecule has 1 aromatic heterocycles. The zero-order valence-corrected chi connectivity index (χ0v) is 14.7. The molecule has 0 saturated carbocycles. The molecule has 0 aliphatic rings. The molecule has 0 aliphatic carbocycles. The predicted molar refractivity (Wildman–Crippen MR) is 96.3 cm³/mol. The van der Waals surface area contributed by atoms with Crippen LogP contribution in [0.1, 0.15) is 30.5 Å². The first-order chi connectivity index (χ1) is 11.2. The van der Waals surface area contributed by atoms with Crippen LogP contribution < -0.4 is 0 Å². The Hall–Kier alpha value is -2.62. The van der Waals surface area contributed by atoms with Gasteiger partial charge < -0.3 is 9.67 Å². The number of fused-ring (bicyclic) bond motifs is 1. The summed E-state index contributed by atoms with van der Waals surface area (Å²) in [6.45, 7) is 9.53. The standard InChI is InChI=1S/C20H22N2O2/c1-12-8-6-7-9-15(12)18-21-16-10-13(2)14(3)11-17(16)22(18)20(4,5)19(23)24/h6-11H,1-5H3,(H,23,24). The van der Waals surface area contributed by atoms with Crippen molar-refractivity contribution in [3.63, 3.8) is 0 Å². The van der Waals surface area contributed by atoms with E-state index in [4.69, 9.17) is 4.98 Å². The molecule has 0 saturated heterocycles. The minimum atomic E-state index is -1.10. The molecule has 0 atom stereocenters. The zero-order valence-electron chi connectivity index (χ0n) is 14.7. The van der Waals surface area contributed by atoms with E-state index in [2.05, 4.69) is 0 Å². The summed E-state index contributed by atoms with van der Waals surface area (Å²) >= 11 is 0. The second kappa shape index (κ2) is 5.48. The maximum Gasteiger partial charge on any atom is 0.329 e. The second-order valence-corrected chi connectivity index (χ2v) is 6.88. The van der Waals surface area contributed by atoms with Gasteiger partial charge in [0.05, 0.1) is 11.0 Å². The highest BCUT2D eigenvalue weighted by molar-refractivity contribution is 5.87. The number of hydrogen-bond acceptors (Lipinski definition) is 2. The first-order valence-corrected chi connectivity index (χ1v) is 8.03. The van der Waals surface area contributed by atoms with E-state index in [0.717, 1.165) is 33.3 Å². The van der Waals surface area contributed by atoms with Crippen LogP contribution in [0.25, 0.3) is 22.4 Å². The molecule has 4 nitrogen and oxygen atoms in total. The Morgan fingerprint density at radius 3 is 2.29 bits per heavy atom. The van der Waals surface area contributed by atoms with Crippen molar-refractivity contribution in [3.05, 3.63) is 53.1 Å². The van der Waals surface area contributed by atoms with Crippen LogP contribution >= 0.6 is 0 Å². The Bertz CT molecular complexity index is 952. The van der Waals surface area contributed by atoms with Gasteiger partial charge in [0.1, 0.15) is 11.4 Å². The highest BCUT2D eigenvalue weighted by Gasteiger charge is 2.34. The van der Waals surface area contributed by atoms with E-state index in [9.17, 15) is 9.90 Å². The Labute approximate surface area is 141 Å². The van der Waals surface area contributed by atoms with E-state index in [-0.39, 0.29) is 0 Å². The van der Waals surface area contributed by atoms with Gasteiger partial charge in [-0.05, 0) is 63.4 Å². The summed E-state index contributed by atoms with van der Waals surface area (Å²) < 4.78 is 1.85. The van der Waals surface area contributed by atoms with Gasteiger partial charge in [-0.1, -0.05) is 24.3 Å². The van der Waals surface area contributed by atoms with Gasteiger partial charge in [-0.25, -0.2) is 9.78 Å². The lowest BCUT2D eigenvalue weighted by Crippen LogP contribution is -2.36. The Kier molecular flexibility index (Phi) is 3.71. The average molecular weight is 322 g/mol. The summed E-state index contributed by atoms with van der Waals surface area (Å²) in [5.74, 6) is -0.185. The Morgan fingerprint density at radius 1 is 1.04 bits per heavy atom. The fourth-order valence-corrected chi connectivity index (χ4v) is 3.00. The first kappa shape index (κ1) is 16.2. The highest BCUT2D eigenvalue weighted by Crippen LogP contribution is 2.34. The molecule has 0 fully saturated rings. The van der Waals surface area contributed by atoms with Crippen molar-refractivity contribution in [2.45, 2.75) is 40.2 Å². The van der Waals surface area contributed by atoms with E-state index in [1.54, 1.807) is 13.8 Å². The van der Waals surface area contributed by atoms with Crippen molar-refractivity contribution in [2.24, 2.45) is 0 Å². The number of benzene rings is 2. The molecule has 2 aromatic carbocycles. The van der Waals surface area contributed by atoms with Crippen LogP contribution in [0.15, 0.2) is 36.4 Å². The number of carboxylic acids is 1. The minimum absolute atomic E-state index is 0.695. The molecule has 0 spiro atoms. The maximum atomic E-state index is 11.9. The number of hydrogen-bond donors (Lipinski definition) is 1. The van der Waals surface area contributed by atoms with E-state index in [1.807, 2.05) is 61.7 Å². The highest BCUT2D eigenvalue weighted by atomic mass is 16.4. The smallest absolute Gasteiger partial charge is 0.329 e. The van der Waals surface area contributed by atoms with Gasteiger partial charge in [0.25, 0.3) is 0 Å². The lowest BCUT2D eigenvalue weighted by molar-refractivity contribution is -0.145. The van der Waals surface area contributed by atoms with Crippen LogP contribution in [0.5, 0.6) is 0 Å². The third kappa shape index (κ3) is 2.39. The van der Waals surface area contributed by atoms with Gasteiger partial charge in [-0.2, -0.15) is 0 Å². The van der Waals surface area contributed by atoms with Gasteiger partial charge >= 0.3 is 5.97 Å². The lowest BCUT2D eigenvalue weighted by Gasteiger charge is -2.25. The topological polar surface area (TPSA) is 55.1 Å². The molecule has 24 heavy (non-hydrogen) atoms. The number of aromatic nitrogens is 2. The van der Waals surface area contributed by atoms with Gasteiger partial charge in [0.2, 0.25) is 0 Å². The Morgan fingerprint density at radius 2 is 1.67 bits per heavy atom. The summed E-state index contributed by atoms with van der Waals surface area (Å²) in [5.41, 5.74) is 4.88. The third-order valence-corrected chi connectivity index (χ3v) is 4.74. The number of rotatable bonds is 3. The minimum Gasteiger partial charge on any atom is -0.480 e. The van der Waals surface area contributed by atoms with Crippen LogP contribution in [0.2, 0.25) is 0 Å². The molecule has 4 heteroatoms. The SMILES string of the molecule is Cc1cc2nc(-c3ccccc3C)n(C(C)(C)C(=O)O)c2cc1C. The predicted octanol–water partition coefficient (Wildman–Crippen LogP) is 4.45. The number of nitrogens with zero attached hydrogens (tertiary/aromatic N) is 2. The second-order valence-electron chi connectivity index (χ2n) is 6.88. The van der Waals surface area contributed by atoms with E-state index in [0.29, 0.717) is 5.82 Å². The molecule has 0 radical (unpaired) electrons. The molecule has 0 amide bonds. The fraction of sp³-hybridized carbons (Fsp3) is 0.300. The number of carboxylic acid groups (broad SMARTS) is 1. The monoisotopic (exact) mass is 322 g/mol. The molecule has 1 heterocycles. The van der Waals surface area contributed by atoms with Gasteiger partial charge in [0, 0.05) is 5.56 Å². The molecule has 124 valence electrons. The van der Waals surface area contributed by atoms with Crippen molar-refractivity contribution in [1.82, 2.24) is 9.55 Å². The van der Waals surface area contributed by atoms with Crippen LogP contribution in [0.3, 0.4) is 0 Å². The van der Waals surface area contributed by atoms with Crippen molar-refractivity contribution < 1.29 is 9.90 Å². The summed E-state index contributed by atoms with van der Waals surface area (Å²) in [5, 5.41) is 9.79. The number of aryl methyl sites for hydroxylation is 3. The average Bonchev–Trinajstić information content (AvgIpc) is 2.86. The van der Waals surface area contributed by atoms with E-state index < -0.39 is 11.5 Å². The van der Waals surface area contributed by atoms with Gasteiger partial charge in [0.15, 0.2) is 0 Å². The van der Waals surface area contributed by atoms with Crippen molar-refractivity contribution in [3.8, 4) is 11.4 Å². The van der Waals surface area contributed by atoms with Crippen molar-refractivity contribution >= 4 is 17.0 Å². The molecule has 0 aliphatic heterocycles. The zero-order chi connectivity index (χ0) is 17.6. The number of imidazole rings is 1. The summed E-state index contributed by atoms with van der Waals surface area (Å²) in [6, 6.07) is 12.0. The molecule has 0 bridgehead atoms. The van der Waals surface area contributed by atoms with Crippen LogP contribution in [-0.4, -0.2) is 20.6 Å². The largest absolute Gasteiger partial charge is 0.480 e. The van der Waals surface area contributed by atoms with Crippen molar-refractivity contribution in [1.29, 1.82) is 0 Å². The fourth-order valence-electron chi connectivity index (χ4n) is 3.00. The summed E-state index contributed by atoms with van der Waals surface area (Å²) in [6.07, 6.45) is 0. The number of carbonyl (C=O) groups is 1. The lowest BCUT2D eigenvalue weighted by atomic mass is 10.0. The van der Waals surface area contributed by atoms with Crippen molar-refractivity contribution in [2.75, 3.05) is 0 Å². The third-order valence-electron chi connectivity index (χ3n) is 4.74. The van der Waals surface area contributed by atoms with Crippen LogP contribution in [0.4, 0.5) is 0 Å². The van der Waals surface area contributed by atoms with E-state index >= 15 is 0 Å². The molecule has 0 unspecified atom stereocenters. The normalized spacial score (nSPS) is 11.9. The molecule has 1 N–H and O–H groups in total.